The van der Waals surface area contributed by atoms with Crippen molar-refractivity contribution in [2.45, 2.75) is 29.6 Å². The van der Waals surface area contributed by atoms with Gasteiger partial charge >= 0.3 is 5.65 Å². The molecule has 10 heteroatoms. The number of nitrogen functional groups attached to an aromatic ring is 1. The molecule has 1 saturated heterocycles. The Morgan fingerprint density at radius 1 is 1.43 bits per heavy atom. The maximum absolute atomic E-state index is 10.1. The Morgan fingerprint density at radius 2 is 2.14 bits per heavy atom. The van der Waals surface area contributed by atoms with Crippen LogP contribution in [0.2, 0.25) is 0 Å². The number of hydrogen-bond donors (Lipinski definition) is 4. The van der Waals surface area contributed by atoms with Gasteiger partial charge < -0.3 is 38.4 Å². The molecule has 3 rings (SSSR count). The van der Waals surface area contributed by atoms with Gasteiger partial charge in [-0.25, -0.2) is 9.55 Å². The first kappa shape index (κ1) is 14.4. The van der Waals surface area contributed by atoms with E-state index in [9.17, 15) is 10.2 Å². The molecule has 5 N–H and O–H groups in total. The Morgan fingerprint density at radius 3 is 2.76 bits per heavy atom. The zero-order valence-corrected chi connectivity index (χ0v) is 11.9. The predicted molar refractivity (Wildman–Crippen MR) is 71.8 cm³/mol. The zero-order valence-electron chi connectivity index (χ0n) is 11.1. The van der Waals surface area contributed by atoms with Gasteiger partial charge in [-0.3, -0.25) is 4.57 Å². The lowest BCUT2D eigenvalue weighted by molar-refractivity contribution is -0.745. The smallest absolute Gasteiger partial charge is 0.308 e. The lowest BCUT2D eigenvalue weighted by atomic mass is 10.1. The molecule has 0 radical (unpaired) electrons. The zero-order chi connectivity index (χ0) is 15.3. The number of imidazole rings is 1. The Kier molecular flexibility index (Phi) is 3.42. The van der Waals surface area contributed by atoms with Crippen molar-refractivity contribution in [2.24, 2.45) is 7.05 Å². The minimum atomic E-state index is -1.21. The Hall–Kier alpha value is -1.59. The van der Waals surface area contributed by atoms with Crippen LogP contribution in [-0.2, 0) is 24.4 Å². The van der Waals surface area contributed by atoms with Crippen LogP contribution < -0.4 is 10.3 Å². The van der Waals surface area contributed by atoms with Crippen molar-refractivity contribution in [1.82, 2.24) is 14.5 Å². The highest BCUT2D eigenvalue weighted by molar-refractivity contribution is 7.59. The second-order valence-corrected chi connectivity index (χ2v) is 5.31. The average molecular weight is 313 g/mol. The SMILES string of the molecule is Cn1c[n+](C2OC(CO)C(O)C2O)c2nc(N)nc([S-])c21. The van der Waals surface area contributed by atoms with Crippen LogP contribution in [0.5, 0.6) is 0 Å². The third kappa shape index (κ3) is 2.12. The Balaban J connectivity index is 2.13. The van der Waals surface area contributed by atoms with E-state index in [0.29, 0.717) is 11.2 Å². The molecule has 0 saturated carbocycles. The quantitative estimate of drug-likeness (QED) is 0.269. The van der Waals surface area contributed by atoms with Gasteiger partial charge in [0, 0.05) is 0 Å². The first-order valence-corrected chi connectivity index (χ1v) is 6.68. The molecule has 0 bridgehead atoms. The molecule has 2 aromatic heterocycles. The summed E-state index contributed by atoms with van der Waals surface area (Å²) in [6, 6.07) is 0. The molecule has 0 amide bonds. The highest BCUT2D eigenvalue weighted by atomic mass is 32.1. The van der Waals surface area contributed by atoms with Crippen LogP contribution in [-0.4, -0.2) is 54.8 Å². The minimum Gasteiger partial charge on any atom is -0.756 e. The molecule has 0 aromatic carbocycles. The molecule has 1 aliphatic rings. The number of nitrogens with zero attached hydrogens (tertiary/aromatic N) is 4. The van der Waals surface area contributed by atoms with Crippen molar-refractivity contribution in [3.05, 3.63) is 6.33 Å². The fourth-order valence-corrected chi connectivity index (χ4v) is 2.85. The number of ether oxygens (including phenoxy) is 1. The van der Waals surface area contributed by atoms with E-state index in [1.165, 1.54) is 4.57 Å². The van der Waals surface area contributed by atoms with Crippen molar-refractivity contribution in [3.8, 4) is 0 Å². The van der Waals surface area contributed by atoms with E-state index in [4.69, 9.17) is 28.2 Å². The summed E-state index contributed by atoms with van der Waals surface area (Å²) in [4.78, 5) is 8.04. The van der Waals surface area contributed by atoms with Crippen LogP contribution in [0.3, 0.4) is 0 Å². The molecule has 3 heterocycles. The highest BCUT2D eigenvalue weighted by Gasteiger charge is 2.46. The number of anilines is 1. The summed E-state index contributed by atoms with van der Waals surface area (Å²) in [5.41, 5.74) is 6.57. The van der Waals surface area contributed by atoms with Crippen molar-refractivity contribution < 1.29 is 24.6 Å². The summed E-state index contributed by atoms with van der Waals surface area (Å²) < 4.78 is 8.69. The molecule has 1 aliphatic heterocycles. The third-order valence-electron chi connectivity index (χ3n) is 3.54. The molecule has 1 fully saturated rings. The van der Waals surface area contributed by atoms with Crippen molar-refractivity contribution in [2.75, 3.05) is 12.3 Å². The first-order chi connectivity index (χ1) is 9.93. The fourth-order valence-electron chi connectivity index (χ4n) is 2.52. The van der Waals surface area contributed by atoms with Gasteiger partial charge in [0.25, 0.3) is 5.95 Å². The van der Waals surface area contributed by atoms with Crippen LogP contribution in [0.25, 0.3) is 11.2 Å². The summed E-state index contributed by atoms with van der Waals surface area (Å²) in [7, 11) is 1.75. The van der Waals surface area contributed by atoms with Gasteiger partial charge in [-0.2, -0.15) is 0 Å². The van der Waals surface area contributed by atoms with Gasteiger partial charge in [0.2, 0.25) is 6.23 Å². The summed E-state index contributed by atoms with van der Waals surface area (Å²) in [6.07, 6.45) is -2.54. The van der Waals surface area contributed by atoms with E-state index in [1.807, 2.05) is 0 Å². The van der Waals surface area contributed by atoms with Gasteiger partial charge in [0.1, 0.15) is 18.3 Å². The summed E-state index contributed by atoms with van der Waals surface area (Å²) in [6.45, 7) is -0.399. The van der Waals surface area contributed by atoms with Crippen LogP contribution in [0, 0.1) is 0 Å². The summed E-state index contributed by atoms with van der Waals surface area (Å²) in [5.74, 6) is 0.0131. The Bertz CT molecular complexity index is 693. The van der Waals surface area contributed by atoms with Crippen LogP contribution in [0.1, 0.15) is 6.23 Å². The largest absolute Gasteiger partial charge is 0.756 e. The molecule has 114 valence electrons. The lowest BCUT2D eigenvalue weighted by Gasteiger charge is -2.12. The second-order valence-electron chi connectivity index (χ2n) is 4.92. The molecular weight excluding hydrogens is 298 g/mol. The van der Waals surface area contributed by atoms with E-state index < -0.39 is 31.1 Å². The molecule has 0 spiro atoms. The van der Waals surface area contributed by atoms with Crippen molar-refractivity contribution >= 4 is 29.7 Å². The van der Waals surface area contributed by atoms with Gasteiger partial charge in [0.05, 0.1) is 13.7 Å². The average Bonchev–Trinajstić information content (AvgIpc) is 2.89. The number of hydrogen-bond acceptors (Lipinski definition) is 8. The van der Waals surface area contributed by atoms with E-state index >= 15 is 0 Å². The topological polar surface area (TPSA) is 131 Å². The summed E-state index contributed by atoms with van der Waals surface area (Å²) >= 11 is 5.16. The van der Waals surface area contributed by atoms with Gasteiger partial charge in [0.15, 0.2) is 11.8 Å². The normalized spacial score (nSPS) is 29.3. The monoisotopic (exact) mass is 313 g/mol. The fraction of sp³-hybridized carbons (Fsp3) is 0.545. The number of rotatable bonds is 2. The maximum Gasteiger partial charge on any atom is 0.308 e. The van der Waals surface area contributed by atoms with Gasteiger partial charge in [-0.1, -0.05) is 4.98 Å². The lowest BCUT2D eigenvalue weighted by Crippen LogP contribution is -2.46. The van der Waals surface area contributed by atoms with Crippen molar-refractivity contribution in [3.63, 3.8) is 0 Å². The molecule has 4 atom stereocenters. The molecule has 2 aromatic rings. The highest BCUT2D eigenvalue weighted by Crippen LogP contribution is 2.27. The van der Waals surface area contributed by atoms with Crippen LogP contribution in [0.15, 0.2) is 11.4 Å². The third-order valence-corrected chi connectivity index (χ3v) is 3.82. The minimum absolute atomic E-state index is 0.0131. The van der Waals surface area contributed by atoms with Crippen molar-refractivity contribution in [1.29, 1.82) is 0 Å². The molecule has 9 nitrogen and oxygen atoms in total. The van der Waals surface area contributed by atoms with Crippen LogP contribution in [0.4, 0.5) is 5.95 Å². The van der Waals surface area contributed by atoms with Gasteiger partial charge in [-0.15, -0.1) is 0 Å². The van der Waals surface area contributed by atoms with E-state index in [0.717, 1.165) is 0 Å². The van der Waals surface area contributed by atoms with Gasteiger partial charge in [-0.05, 0) is 5.03 Å². The number of aliphatic hydroxyl groups excluding tert-OH is 3. The number of aryl methyl sites for hydroxylation is 1. The summed E-state index contributed by atoms with van der Waals surface area (Å²) in [5, 5.41) is 29.4. The van der Waals surface area contributed by atoms with Crippen LogP contribution >= 0.6 is 0 Å². The molecule has 4 unspecified atom stereocenters. The molecule has 21 heavy (non-hydrogen) atoms. The first-order valence-electron chi connectivity index (χ1n) is 6.27. The number of nitrogens with two attached hydrogens (primary N) is 1. The predicted octanol–water partition coefficient (Wildman–Crippen LogP) is -2.64. The van der Waals surface area contributed by atoms with E-state index in [1.54, 1.807) is 17.9 Å². The van der Waals surface area contributed by atoms with E-state index in [-0.39, 0.29) is 11.0 Å². The number of aliphatic hydroxyl groups is 3. The number of aromatic nitrogens is 4. The number of fused-ring (bicyclic) bond motifs is 1. The Labute approximate surface area is 125 Å². The standard InChI is InChI=1S/C11H15N5O4S/c1-15-3-16(8-5(15)9(21)14-11(12)13-8)10-7(19)6(18)4(2-17)20-10/h3-4,6-7,10,17-19H,2H2,1H3,(H2-,12,13,14,21). The second kappa shape index (κ2) is 5.00. The maximum atomic E-state index is 10.1. The molecular formula is C11H15N5O4S. The van der Waals surface area contributed by atoms with E-state index in [2.05, 4.69) is 9.97 Å². The molecule has 0 aliphatic carbocycles.